The van der Waals surface area contributed by atoms with Crippen LogP contribution < -0.4 is 16.0 Å². The molecule has 0 radical (unpaired) electrons. The molecule has 1 amide bonds. The Morgan fingerprint density at radius 3 is 2.58 bits per heavy atom. The molecule has 0 aliphatic heterocycles. The Kier molecular flexibility index (Phi) is 13.3. The van der Waals surface area contributed by atoms with Gasteiger partial charge in [-0.2, -0.15) is 0 Å². The van der Waals surface area contributed by atoms with Crippen LogP contribution in [0.1, 0.15) is 35.7 Å². The van der Waals surface area contributed by atoms with Gasteiger partial charge in [-0.15, -0.1) is 24.0 Å². The van der Waals surface area contributed by atoms with Crippen LogP contribution in [0.5, 0.6) is 0 Å². The van der Waals surface area contributed by atoms with E-state index in [0.29, 0.717) is 44.1 Å². The van der Waals surface area contributed by atoms with Gasteiger partial charge in [-0.1, -0.05) is 12.1 Å². The number of esters is 1. The molecule has 0 aliphatic carbocycles. The van der Waals surface area contributed by atoms with Crippen LogP contribution in [-0.4, -0.2) is 51.6 Å². The molecule has 1 aromatic carbocycles. The van der Waals surface area contributed by atoms with Crippen LogP contribution in [0.25, 0.3) is 0 Å². The molecule has 0 bridgehead atoms. The largest absolute Gasteiger partial charge is 0.466 e. The minimum Gasteiger partial charge on any atom is -0.466 e. The Morgan fingerprint density at radius 2 is 1.92 bits per heavy atom. The maximum atomic E-state index is 11.6. The molecular formula is C18H29IN4O3. The quantitative estimate of drug-likeness (QED) is 0.166. The van der Waals surface area contributed by atoms with Crippen molar-refractivity contribution in [2.75, 3.05) is 33.8 Å². The molecule has 26 heavy (non-hydrogen) atoms. The van der Waals surface area contributed by atoms with Gasteiger partial charge < -0.3 is 20.7 Å². The minimum absolute atomic E-state index is 0. The van der Waals surface area contributed by atoms with Crippen molar-refractivity contribution in [1.82, 2.24) is 16.0 Å². The summed E-state index contributed by atoms with van der Waals surface area (Å²) in [7, 11) is 3.32. The summed E-state index contributed by atoms with van der Waals surface area (Å²) in [5, 5.41) is 8.99. The maximum absolute atomic E-state index is 11.6. The Labute approximate surface area is 172 Å². The SMILES string of the molecule is CCOC(=O)CCCNC(=NC)NCCc1cccc(C(=O)NC)c1.I. The van der Waals surface area contributed by atoms with Gasteiger partial charge in [-0.3, -0.25) is 14.6 Å². The summed E-state index contributed by atoms with van der Waals surface area (Å²) >= 11 is 0. The van der Waals surface area contributed by atoms with Gasteiger partial charge in [-0.05, 0) is 37.5 Å². The van der Waals surface area contributed by atoms with Crippen LogP contribution in [0.15, 0.2) is 29.3 Å². The lowest BCUT2D eigenvalue weighted by molar-refractivity contribution is -0.143. The van der Waals surface area contributed by atoms with Crippen molar-refractivity contribution >= 4 is 41.8 Å². The third-order valence-corrected chi connectivity index (χ3v) is 3.50. The number of rotatable bonds is 9. The Hall–Kier alpha value is -1.84. The number of carbonyl (C=O) groups excluding carboxylic acids is 2. The normalized spacial score (nSPS) is 10.5. The van der Waals surface area contributed by atoms with Gasteiger partial charge in [0, 0.05) is 39.2 Å². The summed E-state index contributed by atoms with van der Waals surface area (Å²) in [5.41, 5.74) is 1.73. The van der Waals surface area contributed by atoms with Crippen LogP contribution >= 0.6 is 24.0 Å². The van der Waals surface area contributed by atoms with Crippen LogP contribution in [-0.2, 0) is 16.0 Å². The smallest absolute Gasteiger partial charge is 0.305 e. The molecule has 7 nitrogen and oxygen atoms in total. The number of halogens is 1. The summed E-state index contributed by atoms with van der Waals surface area (Å²) in [6.45, 7) is 3.54. The van der Waals surface area contributed by atoms with Gasteiger partial charge in [0.15, 0.2) is 5.96 Å². The fourth-order valence-corrected chi connectivity index (χ4v) is 2.23. The van der Waals surface area contributed by atoms with E-state index in [1.165, 1.54) is 0 Å². The van der Waals surface area contributed by atoms with E-state index in [4.69, 9.17) is 4.74 Å². The summed E-state index contributed by atoms with van der Waals surface area (Å²) < 4.78 is 4.88. The number of nitrogens with one attached hydrogen (secondary N) is 3. The molecule has 0 aromatic heterocycles. The predicted molar refractivity (Wildman–Crippen MR) is 114 cm³/mol. The van der Waals surface area contributed by atoms with E-state index in [-0.39, 0.29) is 35.9 Å². The molecule has 0 spiro atoms. The molecule has 146 valence electrons. The van der Waals surface area contributed by atoms with Gasteiger partial charge in [0.05, 0.1) is 6.61 Å². The highest BCUT2D eigenvalue weighted by Crippen LogP contribution is 2.05. The highest BCUT2D eigenvalue weighted by atomic mass is 127. The first-order valence-electron chi connectivity index (χ1n) is 8.51. The number of ether oxygens (including phenoxy) is 1. The number of carbonyl (C=O) groups is 2. The lowest BCUT2D eigenvalue weighted by Crippen LogP contribution is -2.38. The number of guanidine groups is 1. The molecule has 1 rings (SSSR count). The van der Waals surface area contributed by atoms with Crippen molar-refractivity contribution in [3.8, 4) is 0 Å². The van der Waals surface area contributed by atoms with E-state index < -0.39 is 0 Å². The molecule has 0 fully saturated rings. The highest BCUT2D eigenvalue weighted by molar-refractivity contribution is 14.0. The van der Waals surface area contributed by atoms with E-state index in [2.05, 4.69) is 20.9 Å². The van der Waals surface area contributed by atoms with E-state index in [9.17, 15) is 9.59 Å². The second-order valence-electron chi connectivity index (χ2n) is 5.36. The van der Waals surface area contributed by atoms with Crippen molar-refractivity contribution in [3.63, 3.8) is 0 Å². The number of amides is 1. The van der Waals surface area contributed by atoms with Crippen molar-refractivity contribution in [2.45, 2.75) is 26.2 Å². The molecule has 0 saturated carbocycles. The lowest BCUT2D eigenvalue weighted by atomic mass is 10.1. The molecule has 1 aromatic rings. The van der Waals surface area contributed by atoms with Gasteiger partial charge in [-0.25, -0.2) is 0 Å². The zero-order valence-electron chi connectivity index (χ0n) is 15.6. The van der Waals surface area contributed by atoms with Crippen LogP contribution in [0.3, 0.4) is 0 Å². The molecule has 0 aliphatic rings. The fraction of sp³-hybridized carbons (Fsp3) is 0.500. The van der Waals surface area contributed by atoms with E-state index >= 15 is 0 Å². The van der Waals surface area contributed by atoms with Gasteiger partial charge in [0.2, 0.25) is 0 Å². The molecule has 0 atom stereocenters. The summed E-state index contributed by atoms with van der Waals surface area (Å²) in [5.74, 6) is 0.420. The van der Waals surface area contributed by atoms with Gasteiger partial charge >= 0.3 is 5.97 Å². The van der Waals surface area contributed by atoms with E-state index in [1.54, 1.807) is 27.1 Å². The first-order valence-corrected chi connectivity index (χ1v) is 8.51. The van der Waals surface area contributed by atoms with Gasteiger partial charge in [0.1, 0.15) is 0 Å². The average molecular weight is 476 g/mol. The molecule has 0 heterocycles. The summed E-state index contributed by atoms with van der Waals surface area (Å²) in [6.07, 6.45) is 1.85. The highest BCUT2D eigenvalue weighted by Gasteiger charge is 2.04. The van der Waals surface area contributed by atoms with Crippen LogP contribution in [0.2, 0.25) is 0 Å². The molecule has 3 N–H and O–H groups in total. The summed E-state index contributed by atoms with van der Waals surface area (Å²) in [6, 6.07) is 7.54. The average Bonchev–Trinajstić information content (AvgIpc) is 2.63. The van der Waals surface area contributed by atoms with Crippen molar-refractivity contribution in [1.29, 1.82) is 0 Å². The molecular weight excluding hydrogens is 447 g/mol. The predicted octanol–water partition coefficient (Wildman–Crippen LogP) is 1.72. The Morgan fingerprint density at radius 1 is 1.19 bits per heavy atom. The first kappa shape index (κ1) is 24.2. The number of hydrogen-bond acceptors (Lipinski definition) is 4. The first-order chi connectivity index (χ1) is 12.1. The monoisotopic (exact) mass is 476 g/mol. The van der Waals surface area contributed by atoms with Gasteiger partial charge in [0.25, 0.3) is 5.91 Å². The van der Waals surface area contributed by atoms with Crippen LogP contribution in [0.4, 0.5) is 0 Å². The number of hydrogen-bond donors (Lipinski definition) is 3. The number of benzene rings is 1. The second-order valence-corrected chi connectivity index (χ2v) is 5.36. The van der Waals surface area contributed by atoms with Crippen molar-refractivity contribution in [2.24, 2.45) is 4.99 Å². The number of aliphatic imine (C=N–C) groups is 1. The van der Waals surface area contributed by atoms with Crippen LogP contribution in [0, 0.1) is 0 Å². The lowest BCUT2D eigenvalue weighted by Gasteiger charge is -2.12. The number of nitrogens with zero attached hydrogens (tertiary/aromatic N) is 1. The Balaban J connectivity index is 0.00000625. The maximum Gasteiger partial charge on any atom is 0.305 e. The van der Waals surface area contributed by atoms with Crippen molar-refractivity contribution in [3.05, 3.63) is 35.4 Å². The zero-order valence-corrected chi connectivity index (χ0v) is 18.0. The third kappa shape index (κ3) is 9.59. The van der Waals surface area contributed by atoms with Crippen molar-refractivity contribution < 1.29 is 14.3 Å². The fourth-order valence-electron chi connectivity index (χ4n) is 2.23. The molecule has 0 unspecified atom stereocenters. The topological polar surface area (TPSA) is 91.8 Å². The minimum atomic E-state index is -0.178. The standard InChI is InChI=1S/C18H28N4O3.HI/c1-4-25-16(23)9-6-11-21-18(20-3)22-12-10-14-7-5-8-15(13-14)17(24)19-2;/h5,7-8,13H,4,6,9-12H2,1-3H3,(H,19,24)(H2,20,21,22);1H. The van der Waals surface area contributed by atoms with E-state index in [1.807, 2.05) is 18.2 Å². The second kappa shape index (κ2) is 14.3. The zero-order chi connectivity index (χ0) is 18.5. The molecule has 0 saturated heterocycles. The summed E-state index contributed by atoms with van der Waals surface area (Å²) in [4.78, 5) is 27.0. The molecule has 8 heteroatoms. The van der Waals surface area contributed by atoms with E-state index in [0.717, 1.165) is 12.0 Å². The Bertz CT molecular complexity index is 594. The third-order valence-electron chi connectivity index (χ3n) is 3.50.